The third kappa shape index (κ3) is 4.91. The van der Waals surface area contributed by atoms with Gasteiger partial charge in [-0.3, -0.25) is 4.79 Å². The summed E-state index contributed by atoms with van der Waals surface area (Å²) in [5.41, 5.74) is 0.723. The van der Waals surface area contributed by atoms with Gasteiger partial charge in [-0.2, -0.15) is 0 Å². The fraction of sp³-hybridized carbons (Fsp3) is 0.467. The summed E-state index contributed by atoms with van der Waals surface area (Å²) in [4.78, 5) is 22.6. The lowest BCUT2D eigenvalue weighted by molar-refractivity contribution is 0.0508. The van der Waals surface area contributed by atoms with E-state index in [1.54, 1.807) is 39.0 Å². The van der Waals surface area contributed by atoms with Gasteiger partial charge >= 0.3 is 6.09 Å². The minimum atomic E-state index is -0.549. The van der Waals surface area contributed by atoms with E-state index in [1.807, 2.05) is 6.92 Å². The number of ether oxygens (including phenoxy) is 2. The van der Waals surface area contributed by atoms with Gasteiger partial charge in [0.25, 0.3) is 0 Å². The molecule has 1 amide bonds. The summed E-state index contributed by atoms with van der Waals surface area (Å²) >= 11 is 0. The topological polar surface area (TPSA) is 64.6 Å². The summed E-state index contributed by atoms with van der Waals surface area (Å²) in [5.74, 6) is 0.572. The summed E-state index contributed by atoms with van der Waals surface area (Å²) in [6.45, 7) is 7.21. The Hall–Kier alpha value is -2.04. The van der Waals surface area contributed by atoms with E-state index < -0.39 is 11.7 Å². The summed E-state index contributed by atoms with van der Waals surface area (Å²) in [6.07, 6.45) is 0.243. The molecule has 1 rings (SSSR count). The van der Waals surface area contributed by atoms with Crippen LogP contribution < -0.4 is 10.1 Å². The van der Waals surface area contributed by atoms with Gasteiger partial charge in [-0.1, -0.05) is 0 Å². The highest BCUT2D eigenvalue weighted by Gasteiger charge is 2.18. The van der Waals surface area contributed by atoms with Crippen LogP contribution in [0, 0.1) is 0 Å². The lowest BCUT2D eigenvalue weighted by atomic mass is 10.1. The van der Waals surface area contributed by atoms with Crippen molar-refractivity contribution < 1.29 is 19.1 Å². The van der Waals surface area contributed by atoms with Crippen LogP contribution in [-0.4, -0.2) is 25.1 Å². The van der Waals surface area contributed by atoms with Gasteiger partial charge in [-0.15, -0.1) is 0 Å². The molecule has 5 nitrogen and oxygen atoms in total. The average Bonchev–Trinajstić information content (AvgIpc) is 2.35. The standard InChI is InChI=1S/C15H21NO4/c1-10(16-14(18)20-15(2,3)4)12-6-11(9-17)7-13(8-12)19-5/h6-10H,1-5H3,(H,16,18). The number of nitrogens with one attached hydrogen (secondary N) is 1. The minimum absolute atomic E-state index is 0.293. The number of carbonyl (C=O) groups is 2. The first kappa shape index (κ1) is 16.0. The highest BCUT2D eigenvalue weighted by atomic mass is 16.6. The van der Waals surface area contributed by atoms with Crippen molar-refractivity contribution in [1.29, 1.82) is 0 Å². The predicted molar refractivity (Wildman–Crippen MR) is 76.2 cm³/mol. The molecule has 0 fully saturated rings. The van der Waals surface area contributed by atoms with Crippen molar-refractivity contribution in [3.63, 3.8) is 0 Å². The van der Waals surface area contributed by atoms with E-state index in [1.165, 1.54) is 7.11 Å². The van der Waals surface area contributed by atoms with Crippen molar-refractivity contribution in [1.82, 2.24) is 5.32 Å². The molecule has 0 radical (unpaired) electrons. The molecule has 0 aliphatic rings. The maximum absolute atomic E-state index is 11.7. The van der Waals surface area contributed by atoms with Gasteiger partial charge in [0.1, 0.15) is 17.6 Å². The Balaban J connectivity index is 2.84. The number of carbonyl (C=O) groups excluding carboxylic acids is 2. The molecule has 1 atom stereocenters. The molecule has 0 spiro atoms. The Morgan fingerprint density at radius 1 is 1.30 bits per heavy atom. The van der Waals surface area contributed by atoms with Crippen LogP contribution in [-0.2, 0) is 4.74 Å². The van der Waals surface area contributed by atoms with Gasteiger partial charge in [0.15, 0.2) is 0 Å². The molecule has 0 aliphatic carbocycles. The van der Waals surface area contributed by atoms with Crippen LogP contribution >= 0.6 is 0 Å². The van der Waals surface area contributed by atoms with Gasteiger partial charge in [0.05, 0.1) is 13.2 Å². The second-order valence-electron chi connectivity index (χ2n) is 5.53. The monoisotopic (exact) mass is 279 g/mol. The van der Waals surface area contributed by atoms with E-state index >= 15 is 0 Å². The number of alkyl carbamates (subject to hydrolysis) is 1. The lowest BCUT2D eigenvalue weighted by Crippen LogP contribution is -2.34. The molecule has 0 heterocycles. The van der Waals surface area contributed by atoms with Crippen LogP contribution in [0.5, 0.6) is 5.75 Å². The Kier molecular flexibility index (Phi) is 5.13. The normalized spacial score (nSPS) is 12.4. The maximum Gasteiger partial charge on any atom is 0.408 e. The third-order valence-electron chi connectivity index (χ3n) is 2.56. The van der Waals surface area contributed by atoms with Crippen molar-refractivity contribution in [2.75, 3.05) is 7.11 Å². The molecular formula is C15H21NO4. The molecule has 0 aromatic heterocycles. The minimum Gasteiger partial charge on any atom is -0.497 e. The molecule has 1 N–H and O–H groups in total. The Morgan fingerprint density at radius 2 is 1.95 bits per heavy atom. The zero-order valence-corrected chi connectivity index (χ0v) is 12.5. The van der Waals surface area contributed by atoms with Gasteiger partial charge in [-0.25, -0.2) is 4.79 Å². The molecule has 1 unspecified atom stereocenters. The molecule has 1 aromatic carbocycles. The third-order valence-corrected chi connectivity index (χ3v) is 2.56. The van der Waals surface area contributed by atoms with Crippen LogP contribution in [0.3, 0.4) is 0 Å². The number of hydrogen-bond donors (Lipinski definition) is 1. The SMILES string of the molecule is COc1cc(C=O)cc(C(C)NC(=O)OC(C)(C)C)c1. The smallest absolute Gasteiger partial charge is 0.408 e. The van der Waals surface area contributed by atoms with E-state index in [0.717, 1.165) is 11.8 Å². The Bertz CT molecular complexity index is 491. The van der Waals surface area contributed by atoms with Crippen molar-refractivity contribution >= 4 is 12.4 Å². The van der Waals surface area contributed by atoms with E-state index in [0.29, 0.717) is 11.3 Å². The van der Waals surface area contributed by atoms with Crippen LogP contribution in [0.15, 0.2) is 18.2 Å². The van der Waals surface area contributed by atoms with Gasteiger partial charge < -0.3 is 14.8 Å². The molecule has 110 valence electrons. The highest BCUT2D eigenvalue weighted by Crippen LogP contribution is 2.21. The van der Waals surface area contributed by atoms with Gasteiger partial charge in [0.2, 0.25) is 0 Å². The second-order valence-corrected chi connectivity index (χ2v) is 5.53. The summed E-state index contributed by atoms with van der Waals surface area (Å²) in [6, 6.07) is 4.82. The van der Waals surface area contributed by atoms with Crippen LogP contribution in [0.4, 0.5) is 4.79 Å². The summed E-state index contributed by atoms with van der Waals surface area (Å²) in [7, 11) is 1.53. The molecule has 0 saturated heterocycles. The highest BCUT2D eigenvalue weighted by molar-refractivity contribution is 5.76. The molecular weight excluding hydrogens is 258 g/mol. The summed E-state index contributed by atoms with van der Waals surface area (Å²) in [5, 5.41) is 2.72. The maximum atomic E-state index is 11.7. The second kappa shape index (κ2) is 6.41. The van der Waals surface area contributed by atoms with E-state index in [4.69, 9.17) is 9.47 Å². The van der Waals surface area contributed by atoms with Gasteiger partial charge in [-0.05, 0) is 51.5 Å². The first-order valence-electron chi connectivity index (χ1n) is 6.39. The number of amides is 1. The van der Waals surface area contributed by atoms with Gasteiger partial charge in [0, 0.05) is 5.56 Å². The molecule has 5 heteroatoms. The quantitative estimate of drug-likeness (QED) is 0.860. The van der Waals surface area contributed by atoms with Crippen molar-refractivity contribution in [2.45, 2.75) is 39.3 Å². The zero-order valence-electron chi connectivity index (χ0n) is 12.5. The molecule has 0 aliphatic heterocycles. The average molecular weight is 279 g/mol. The first-order chi connectivity index (χ1) is 9.25. The van der Waals surface area contributed by atoms with E-state index in [2.05, 4.69) is 5.32 Å². The summed E-state index contributed by atoms with van der Waals surface area (Å²) < 4.78 is 10.3. The zero-order chi connectivity index (χ0) is 15.3. The molecule has 1 aromatic rings. The van der Waals surface area contributed by atoms with Crippen molar-refractivity contribution in [3.8, 4) is 5.75 Å². The van der Waals surface area contributed by atoms with E-state index in [-0.39, 0.29) is 6.04 Å². The molecule has 0 saturated carbocycles. The van der Waals surface area contributed by atoms with E-state index in [9.17, 15) is 9.59 Å². The van der Waals surface area contributed by atoms with Crippen molar-refractivity contribution in [2.24, 2.45) is 0 Å². The van der Waals surface area contributed by atoms with Crippen LogP contribution in [0.2, 0.25) is 0 Å². The largest absolute Gasteiger partial charge is 0.497 e. The lowest BCUT2D eigenvalue weighted by Gasteiger charge is -2.22. The Morgan fingerprint density at radius 3 is 2.45 bits per heavy atom. The number of methoxy groups -OCH3 is 1. The number of aldehydes is 1. The first-order valence-corrected chi connectivity index (χ1v) is 6.39. The van der Waals surface area contributed by atoms with Crippen LogP contribution in [0.25, 0.3) is 0 Å². The number of hydrogen-bond acceptors (Lipinski definition) is 4. The predicted octanol–water partition coefficient (Wildman–Crippen LogP) is 3.09. The number of rotatable bonds is 4. The van der Waals surface area contributed by atoms with Crippen molar-refractivity contribution in [3.05, 3.63) is 29.3 Å². The Labute approximate surface area is 119 Å². The molecule has 20 heavy (non-hydrogen) atoms. The van der Waals surface area contributed by atoms with Crippen LogP contribution in [0.1, 0.15) is 49.7 Å². The fourth-order valence-electron chi connectivity index (χ4n) is 1.65. The fourth-order valence-corrected chi connectivity index (χ4v) is 1.65. The number of benzene rings is 1. The molecule has 0 bridgehead atoms.